The van der Waals surface area contributed by atoms with Crippen molar-refractivity contribution in [2.45, 2.75) is 39.2 Å². The number of likely N-dealkylation sites (tertiary alicyclic amines) is 1. The molecule has 3 rings (SSSR count). The number of piperidine rings is 1. The van der Waals surface area contributed by atoms with Crippen LogP contribution in [-0.4, -0.2) is 53.5 Å². The molecule has 2 unspecified atom stereocenters. The normalized spacial score (nSPS) is 22.5. The predicted molar refractivity (Wildman–Crippen MR) is 97.3 cm³/mol. The van der Waals surface area contributed by atoms with E-state index in [1.807, 2.05) is 6.07 Å². The Morgan fingerprint density at radius 1 is 1.35 bits per heavy atom. The summed E-state index contributed by atoms with van der Waals surface area (Å²) in [6, 6.07) is 5.96. The number of hydrogen-bond acceptors (Lipinski definition) is 4. The van der Waals surface area contributed by atoms with Gasteiger partial charge in [0.15, 0.2) is 6.10 Å². The van der Waals surface area contributed by atoms with Gasteiger partial charge in [0, 0.05) is 19.5 Å². The number of oxime groups is 1. The topological polar surface area (TPSA) is 91.2 Å². The average molecular weight is 359 g/mol. The van der Waals surface area contributed by atoms with Gasteiger partial charge in [0.25, 0.3) is 0 Å². The summed E-state index contributed by atoms with van der Waals surface area (Å²) in [4.78, 5) is 30.4. The number of carbonyl (C=O) groups excluding carboxylic acids is 1. The fourth-order valence-corrected chi connectivity index (χ4v) is 3.31. The van der Waals surface area contributed by atoms with Crippen molar-refractivity contribution < 1.29 is 19.5 Å². The number of aryl methyl sites for hydroxylation is 2. The van der Waals surface area contributed by atoms with Gasteiger partial charge in [-0.1, -0.05) is 17.3 Å². The summed E-state index contributed by atoms with van der Waals surface area (Å²) < 4.78 is 0. The summed E-state index contributed by atoms with van der Waals surface area (Å²) in [5.74, 6) is -1.31. The first-order valence-electron chi connectivity index (χ1n) is 9.00. The SMILES string of the molecule is Cc1ccc(C2=NOC(CNC(=O)N3CCCC(C(=O)O)C3)C2)cc1C. The lowest BCUT2D eigenvalue weighted by atomic mass is 9.99. The van der Waals surface area contributed by atoms with Crippen molar-refractivity contribution in [2.75, 3.05) is 19.6 Å². The Bertz CT molecular complexity index is 731. The quantitative estimate of drug-likeness (QED) is 0.863. The molecule has 2 N–H and O–H groups in total. The maximum absolute atomic E-state index is 12.3. The number of amides is 2. The molecule has 0 saturated carbocycles. The van der Waals surface area contributed by atoms with Crippen LogP contribution in [-0.2, 0) is 9.63 Å². The number of benzene rings is 1. The summed E-state index contributed by atoms with van der Waals surface area (Å²) in [7, 11) is 0. The molecule has 1 aromatic rings. The molecule has 7 nitrogen and oxygen atoms in total. The van der Waals surface area contributed by atoms with Gasteiger partial charge in [-0.3, -0.25) is 4.79 Å². The molecule has 26 heavy (non-hydrogen) atoms. The third-order valence-electron chi connectivity index (χ3n) is 5.11. The second-order valence-corrected chi connectivity index (χ2v) is 7.08. The fourth-order valence-electron chi connectivity index (χ4n) is 3.31. The zero-order valence-electron chi connectivity index (χ0n) is 15.2. The van der Waals surface area contributed by atoms with Crippen LogP contribution in [0.25, 0.3) is 0 Å². The standard InChI is InChI=1S/C19H25N3O4/c1-12-5-6-14(8-13(12)2)17-9-16(26-21-17)10-20-19(25)22-7-3-4-15(11-22)18(23)24/h5-6,8,15-16H,3-4,7,9-11H2,1-2H3,(H,20,25)(H,23,24). The third-order valence-corrected chi connectivity index (χ3v) is 5.11. The minimum absolute atomic E-state index is 0.198. The molecule has 0 radical (unpaired) electrons. The van der Waals surface area contributed by atoms with E-state index in [1.54, 1.807) is 4.90 Å². The molecule has 2 aliphatic heterocycles. The van der Waals surface area contributed by atoms with E-state index in [4.69, 9.17) is 9.94 Å². The van der Waals surface area contributed by atoms with Crippen molar-refractivity contribution in [3.05, 3.63) is 34.9 Å². The number of carboxylic acids is 1. The summed E-state index contributed by atoms with van der Waals surface area (Å²) in [6.45, 7) is 5.34. The van der Waals surface area contributed by atoms with Gasteiger partial charge in [0.1, 0.15) is 0 Å². The van der Waals surface area contributed by atoms with Gasteiger partial charge in [-0.2, -0.15) is 0 Å². The largest absolute Gasteiger partial charge is 0.481 e. The Labute approximate surface area is 153 Å². The van der Waals surface area contributed by atoms with Gasteiger partial charge < -0.3 is 20.2 Å². The minimum Gasteiger partial charge on any atom is -0.481 e. The second-order valence-electron chi connectivity index (χ2n) is 7.08. The first-order valence-corrected chi connectivity index (χ1v) is 9.00. The zero-order chi connectivity index (χ0) is 18.7. The van der Waals surface area contributed by atoms with Crippen LogP contribution in [0.5, 0.6) is 0 Å². The summed E-state index contributed by atoms with van der Waals surface area (Å²) in [6.07, 6.45) is 1.78. The van der Waals surface area contributed by atoms with Gasteiger partial charge in [0.2, 0.25) is 0 Å². The van der Waals surface area contributed by atoms with E-state index in [9.17, 15) is 9.59 Å². The van der Waals surface area contributed by atoms with Crippen molar-refractivity contribution in [3.8, 4) is 0 Å². The maximum atomic E-state index is 12.3. The van der Waals surface area contributed by atoms with E-state index >= 15 is 0 Å². The van der Waals surface area contributed by atoms with E-state index in [1.165, 1.54) is 11.1 Å². The van der Waals surface area contributed by atoms with E-state index in [0.29, 0.717) is 32.4 Å². The molecule has 2 heterocycles. The first-order chi connectivity index (χ1) is 12.4. The monoisotopic (exact) mass is 359 g/mol. The molecule has 0 spiro atoms. The average Bonchev–Trinajstić information content (AvgIpc) is 3.11. The van der Waals surface area contributed by atoms with Crippen LogP contribution < -0.4 is 5.32 Å². The molecule has 140 valence electrons. The van der Waals surface area contributed by atoms with Gasteiger partial charge in [0.05, 0.1) is 18.2 Å². The van der Waals surface area contributed by atoms with Gasteiger partial charge in [-0.25, -0.2) is 4.79 Å². The van der Waals surface area contributed by atoms with Crippen molar-refractivity contribution in [1.82, 2.24) is 10.2 Å². The van der Waals surface area contributed by atoms with E-state index in [0.717, 1.165) is 11.3 Å². The fraction of sp³-hybridized carbons (Fsp3) is 0.526. The number of carbonyl (C=O) groups is 2. The molecule has 1 saturated heterocycles. The van der Waals surface area contributed by atoms with Gasteiger partial charge >= 0.3 is 12.0 Å². The van der Waals surface area contributed by atoms with E-state index in [2.05, 4.69) is 36.5 Å². The second kappa shape index (κ2) is 7.76. The first kappa shape index (κ1) is 18.2. The van der Waals surface area contributed by atoms with Crippen molar-refractivity contribution in [1.29, 1.82) is 0 Å². The highest BCUT2D eigenvalue weighted by Gasteiger charge is 2.29. The highest BCUT2D eigenvalue weighted by atomic mass is 16.6. The molecule has 1 fully saturated rings. The number of nitrogens with zero attached hydrogens (tertiary/aromatic N) is 2. The minimum atomic E-state index is -0.840. The number of carboxylic acid groups (broad SMARTS) is 1. The van der Waals surface area contributed by atoms with Gasteiger partial charge in [-0.15, -0.1) is 0 Å². The zero-order valence-corrected chi connectivity index (χ0v) is 15.2. The smallest absolute Gasteiger partial charge is 0.317 e. The molecular weight excluding hydrogens is 334 g/mol. The van der Waals surface area contributed by atoms with E-state index < -0.39 is 11.9 Å². The van der Waals surface area contributed by atoms with Crippen LogP contribution in [0.1, 0.15) is 36.0 Å². The molecule has 2 atom stereocenters. The Balaban J connectivity index is 1.48. The lowest BCUT2D eigenvalue weighted by Gasteiger charge is -2.30. The molecular formula is C19H25N3O4. The van der Waals surface area contributed by atoms with Crippen LogP contribution >= 0.6 is 0 Å². The van der Waals surface area contributed by atoms with Crippen molar-refractivity contribution in [3.63, 3.8) is 0 Å². The Hall–Kier alpha value is -2.57. The molecule has 7 heteroatoms. The number of rotatable bonds is 4. The highest BCUT2D eigenvalue weighted by molar-refractivity contribution is 6.01. The van der Waals surface area contributed by atoms with Crippen molar-refractivity contribution >= 4 is 17.7 Å². The molecule has 2 amide bonds. The lowest BCUT2D eigenvalue weighted by molar-refractivity contribution is -0.143. The molecule has 0 bridgehead atoms. The maximum Gasteiger partial charge on any atom is 0.317 e. The number of aliphatic carboxylic acids is 1. The highest BCUT2D eigenvalue weighted by Crippen LogP contribution is 2.19. The number of nitrogens with one attached hydrogen (secondary N) is 1. The number of hydrogen-bond donors (Lipinski definition) is 2. The van der Waals surface area contributed by atoms with Crippen LogP contribution in [0.4, 0.5) is 4.79 Å². The van der Waals surface area contributed by atoms with Gasteiger partial charge in [-0.05, 0) is 49.4 Å². The van der Waals surface area contributed by atoms with Crippen LogP contribution in [0.3, 0.4) is 0 Å². The van der Waals surface area contributed by atoms with Crippen molar-refractivity contribution in [2.24, 2.45) is 11.1 Å². The lowest BCUT2D eigenvalue weighted by Crippen LogP contribution is -2.48. The third kappa shape index (κ3) is 4.15. The van der Waals surface area contributed by atoms with E-state index in [-0.39, 0.29) is 18.7 Å². The summed E-state index contributed by atoms with van der Waals surface area (Å²) in [5, 5.41) is 16.1. The Morgan fingerprint density at radius 2 is 2.15 bits per heavy atom. The Morgan fingerprint density at radius 3 is 2.88 bits per heavy atom. The molecule has 0 aromatic heterocycles. The van der Waals surface area contributed by atoms with Crippen LogP contribution in [0.2, 0.25) is 0 Å². The summed E-state index contributed by atoms with van der Waals surface area (Å²) >= 11 is 0. The molecule has 2 aliphatic rings. The molecule has 1 aromatic carbocycles. The molecule has 0 aliphatic carbocycles. The number of urea groups is 1. The Kier molecular flexibility index (Phi) is 5.44. The summed E-state index contributed by atoms with van der Waals surface area (Å²) in [5.41, 5.74) is 4.37. The van der Waals surface area contributed by atoms with Crippen LogP contribution in [0, 0.1) is 19.8 Å². The predicted octanol–water partition coefficient (Wildman–Crippen LogP) is 2.30. The van der Waals surface area contributed by atoms with Crippen LogP contribution in [0.15, 0.2) is 23.4 Å².